The van der Waals surface area contributed by atoms with Crippen molar-refractivity contribution in [1.82, 2.24) is 20.1 Å². The van der Waals surface area contributed by atoms with E-state index in [1.54, 1.807) is 17.8 Å². The smallest absolute Gasteiger partial charge is 0.263 e. The molecular formula is C18H18N6O2S2. The lowest BCUT2D eigenvalue weighted by atomic mass is 10.2. The van der Waals surface area contributed by atoms with E-state index in [4.69, 9.17) is 0 Å². The number of nitrogens with one attached hydrogen (secondary N) is 1. The van der Waals surface area contributed by atoms with Crippen LogP contribution in [0.4, 0.5) is 10.9 Å². The highest BCUT2D eigenvalue weighted by molar-refractivity contribution is 7.13. The fourth-order valence-electron chi connectivity index (χ4n) is 3.01. The number of carbonyl (C=O) groups excluding carboxylic acids is 2. The van der Waals surface area contributed by atoms with Crippen LogP contribution in [-0.4, -0.2) is 58.1 Å². The Morgan fingerprint density at radius 1 is 1.07 bits per heavy atom. The van der Waals surface area contributed by atoms with Gasteiger partial charge >= 0.3 is 0 Å². The van der Waals surface area contributed by atoms with Gasteiger partial charge in [0.1, 0.15) is 11.3 Å². The van der Waals surface area contributed by atoms with Gasteiger partial charge in [-0.2, -0.15) is 0 Å². The van der Waals surface area contributed by atoms with Gasteiger partial charge in [0, 0.05) is 32.4 Å². The predicted molar refractivity (Wildman–Crippen MR) is 109 cm³/mol. The van der Waals surface area contributed by atoms with Gasteiger partial charge in [-0.3, -0.25) is 14.9 Å². The summed E-state index contributed by atoms with van der Waals surface area (Å²) in [5, 5.41) is 12.6. The lowest BCUT2D eigenvalue weighted by molar-refractivity contribution is 0.0771. The summed E-state index contributed by atoms with van der Waals surface area (Å²) < 4.78 is 0. The highest BCUT2D eigenvalue weighted by Gasteiger charge is 2.21. The number of anilines is 2. The Kier molecular flexibility index (Phi) is 5.58. The maximum absolute atomic E-state index is 12.6. The molecule has 0 aliphatic carbocycles. The van der Waals surface area contributed by atoms with E-state index < -0.39 is 0 Å². The molecule has 0 unspecified atom stereocenters. The molecular weight excluding hydrogens is 396 g/mol. The average Bonchev–Trinajstić information content (AvgIpc) is 3.38. The van der Waals surface area contributed by atoms with E-state index in [0.29, 0.717) is 23.8 Å². The van der Waals surface area contributed by atoms with Crippen molar-refractivity contribution in [1.29, 1.82) is 0 Å². The number of carbonyl (C=O) groups is 2. The summed E-state index contributed by atoms with van der Waals surface area (Å²) >= 11 is 2.73. The third-order valence-electron chi connectivity index (χ3n) is 4.43. The lowest BCUT2D eigenvalue weighted by Crippen LogP contribution is -2.35. The quantitative estimate of drug-likeness (QED) is 0.706. The molecule has 1 aliphatic rings. The normalized spacial score (nSPS) is 14.6. The summed E-state index contributed by atoms with van der Waals surface area (Å²) in [5.41, 5.74) is 2.02. The van der Waals surface area contributed by atoms with Gasteiger partial charge in [0.25, 0.3) is 11.8 Å². The second-order valence-corrected chi connectivity index (χ2v) is 7.99. The largest absolute Gasteiger partial charge is 0.355 e. The first-order valence-electron chi connectivity index (χ1n) is 8.82. The molecule has 0 aromatic carbocycles. The Bertz CT molecular complexity index is 928. The molecule has 3 aromatic rings. The van der Waals surface area contributed by atoms with Crippen LogP contribution in [0.25, 0.3) is 0 Å². The van der Waals surface area contributed by atoms with E-state index in [-0.39, 0.29) is 11.8 Å². The van der Waals surface area contributed by atoms with Gasteiger partial charge in [-0.25, -0.2) is 4.98 Å². The van der Waals surface area contributed by atoms with Crippen molar-refractivity contribution in [2.45, 2.75) is 6.42 Å². The Morgan fingerprint density at radius 3 is 2.71 bits per heavy atom. The Morgan fingerprint density at radius 2 is 2.00 bits per heavy atom. The number of rotatable bonds is 4. The fraction of sp³-hybridized carbons (Fsp3) is 0.278. The highest BCUT2D eigenvalue weighted by Crippen LogP contribution is 2.18. The first-order chi connectivity index (χ1) is 13.7. The number of thiophene rings is 1. The van der Waals surface area contributed by atoms with Crippen molar-refractivity contribution >= 4 is 45.4 Å². The van der Waals surface area contributed by atoms with Crippen LogP contribution < -0.4 is 10.2 Å². The molecule has 0 atom stereocenters. The number of nitrogens with zero attached hydrogens (tertiary/aromatic N) is 5. The molecule has 0 saturated carbocycles. The van der Waals surface area contributed by atoms with E-state index in [1.807, 2.05) is 28.5 Å². The van der Waals surface area contributed by atoms with Crippen LogP contribution in [0.15, 0.2) is 41.4 Å². The lowest BCUT2D eigenvalue weighted by Gasteiger charge is -2.22. The SMILES string of the molecule is O=C(Nc1nncs1)c1ccc(N2CCCN(C(=O)c3cccs3)CC2)nc1. The summed E-state index contributed by atoms with van der Waals surface area (Å²) in [5.74, 6) is 0.630. The molecule has 0 bridgehead atoms. The molecule has 10 heteroatoms. The second kappa shape index (κ2) is 8.44. The minimum Gasteiger partial charge on any atom is -0.355 e. The molecule has 2 amide bonds. The van der Waals surface area contributed by atoms with Gasteiger partial charge in [-0.1, -0.05) is 17.4 Å². The summed E-state index contributed by atoms with van der Waals surface area (Å²) in [6.45, 7) is 2.91. The van der Waals surface area contributed by atoms with Crippen LogP contribution in [0.5, 0.6) is 0 Å². The minimum absolute atomic E-state index is 0.0912. The number of amides is 2. The van der Waals surface area contributed by atoms with Crippen molar-refractivity contribution in [3.05, 3.63) is 51.8 Å². The topological polar surface area (TPSA) is 91.3 Å². The number of pyridine rings is 1. The molecule has 3 aromatic heterocycles. The first kappa shape index (κ1) is 18.5. The van der Waals surface area contributed by atoms with E-state index in [2.05, 4.69) is 25.4 Å². The van der Waals surface area contributed by atoms with Gasteiger partial charge in [-0.05, 0) is 30.0 Å². The summed E-state index contributed by atoms with van der Waals surface area (Å²) in [6.07, 6.45) is 2.43. The molecule has 1 fully saturated rings. The van der Waals surface area contributed by atoms with Crippen LogP contribution in [-0.2, 0) is 0 Å². The van der Waals surface area contributed by atoms with Gasteiger partial charge in [0.15, 0.2) is 0 Å². The van der Waals surface area contributed by atoms with E-state index in [9.17, 15) is 9.59 Å². The van der Waals surface area contributed by atoms with E-state index in [1.165, 1.54) is 22.7 Å². The van der Waals surface area contributed by atoms with Crippen molar-refractivity contribution in [3.63, 3.8) is 0 Å². The third kappa shape index (κ3) is 4.18. The summed E-state index contributed by atoms with van der Waals surface area (Å²) in [7, 11) is 0. The number of hydrogen-bond acceptors (Lipinski definition) is 8. The number of hydrogen-bond donors (Lipinski definition) is 1. The fourth-order valence-corrected chi connectivity index (χ4v) is 4.14. The standard InChI is InChI=1S/C18H18N6O2S2/c25-16(21-18-22-20-12-28-18)13-4-5-15(19-11-13)23-6-2-7-24(9-8-23)17(26)14-3-1-10-27-14/h1,3-5,10-12H,2,6-9H2,(H,21,22,25). The molecule has 1 aliphatic heterocycles. The molecule has 4 rings (SSSR count). The molecule has 0 spiro atoms. The Balaban J connectivity index is 1.38. The van der Waals surface area contributed by atoms with Crippen LogP contribution in [0.1, 0.15) is 26.5 Å². The maximum atomic E-state index is 12.6. The molecule has 8 nitrogen and oxygen atoms in total. The van der Waals surface area contributed by atoms with Crippen molar-refractivity contribution in [2.75, 3.05) is 36.4 Å². The van der Waals surface area contributed by atoms with Crippen LogP contribution >= 0.6 is 22.7 Å². The summed E-state index contributed by atoms with van der Waals surface area (Å²) in [6, 6.07) is 7.35. The first-order valence-corrected chi connectivity index (χ1v) is 10.6. The predicted octanol–water partition coefficient (Wildman–Crippen LogP) is 2.60. The van der Waals surface area contributed by atoms with E-state index >= 15 is 0 Å². The average molecular weight is 415 g/mol. The molecule has 4 heterocycles. The van der Waals surface area contributed by atoms with Gasteiger partial charge in [0.2, 0.25) is 5.13 Å². The van der Waals surface area contributed by atoms with Gasteiger partial charge < -0.3 is 9.80 Å². The van der Waals surface area contributed by atoms with Crippen molar-refractivity contribution in [2.24, 2.45) is 0 Å². The Labute approximate surface area is 169 Å². The highest BCUT2D eigenvalue weighted by atomic mass is 32.1. The minimum atomic E-state index is -0.264. The van der Waals surface area contributed by atoms with Crippen molar-refractivity contribution in [3.8, 4) is 0 Å². The van der Waals surface area contributed by atoms with Crippen LogP contribution in [0.2, 0.25) is 0 Å². The van der Waals surface area contributed by atoms with Crippen LogP contribution in [0.3, 0.4) is 0 Å². The molecule has 1 saturated heterocycles. The van der Waals surface area contributed by atoms with Crippen LogP contribution in [0, 0.1) is 0 Å². The zero-order chi connectivity index (χ0) is 19.3. The molecule has 0 radical (unpaired) electrons. The van der Waals surface area contributed by atoms with Gasteiger partial charge in [0.05, 0.1) is 10.4 Å². The molecule has 1 N–H and O–H groups in total. The number of aromatic nitrogens is 3. The Hall–Kier alpha value is -2.85. The maximum Gasteiger partial charge on any atom is 0.263 e. The third-order valence-corrected chi connectivity index (χ3v) is 5.89. The molecule has 144 valence electrons. The summed E-state index contributed by atoms with van der Waals surface area (Å²) in [4.78, 5) is 34.0. The zero-order valence-corrected chi connectivity index (χ0v) is 16.6. The van der Waals surface area contributed by atoms with E-state index in [0.717, 1.165) is 30.2 Å². The molecule has 28 heavy (non-hydrogen) atoms. The monoisotopic (exact) mass is 414 g/mol. The van der Waals surface area contributed by atoms with Crippen molar-refractivity contribution < 1.29 is 9.59 Å². The zero-order valence-electron chi connectivity index (χ0n) is 14.9. The van der Waals surface area contributed by atoms with Gasteiger partial charge in [-0.15, -0.1) is 21.5 Å². The second-order valence-electron chi connectivity index (χ2n) is 6.21.